The number of hydrogen-bond donors (Lipinski definition) is 2. The molecule has 2 atom stereocenters. The number of fused-ring (bicyclic) bond motifs is 2. The molecule has 0 bridgehead atoms. The van der Waals surface area contributed by atoms with E-state index in [9.17, 15) is 14.7 Å². The average molecular weight is 432 g/mol. The molecular formula is C25H24N2O5. The van der Waals surface area contributed by atoms with Gasteiger partial charge in [-0.1, -0.05) is 12.1 Å². The third-order valence-electron chi connectivity index (χ3n) is 6.25. The molecule has 4 aromatic rings. The van der Waals surface area contributed by atoms with Crippen LogP contribution < -0.4 is 16.6 Å². The predicted molar refractivity (Wildman–Crippen MR) is 122 cm³/mol. The zero-order valence-corrected chi connectivity index (χ0v) is 17.7. The summed E-state index contributed by atoms with van der Waals surface area (Å²) in [6.45, 7) is 0.954. The summed E-state index contributed by atoms with van der Waals surface area (Å²) in [7, 11) is 2.02. The van der Waals surface area contributed by atoms with Gasteiger partial charge >= 0.3 is 11.3 Å². The molecule has 2 aromatic heterocycles. The van der Waals surface area contributed by atoms with Crippen molar-refractivity contribution in [3.8, 4) is 0 Å². The number of likely N-dealkylation sites (N-methyl/N-ethyl adjacent to an activating group) is 1. The van der Waals surface area contributed by atoms with Crippen molar-refractivity contribution < 1.29 is 13.9 Å². The van der Waals surface area contributed by atoms with Crippen molar-refractivity contribution >= 4 is 21.9 Å². The number of hydrogen-bond acceptors (Lipinski definition) is 7. The summed E-state index contributed by atoms with van der Waals surface area (Å²) >= 11 is 0. The first-order valence-corrected chi connectivity index (χ1v) is 10.6. The Morgan fingerprint density at radius 3 is 2.00 bits per heavy atom. The lowest BCUT2D eigenvalue weighted by Gasteiger charge is -2.24. The molecule has 0 aliphatic carbocycles. The molecule has 0 spiro atoms. The van der Waals surface area contributed by atoms with Crippen LogP contribution in [0.5, 0.6) is 0 Å². The SMILES string of the molecule is CN1C[C@@H](NC(c2ccc3oc(=O)ccc3c2)c2ccc3oc(=O)ccc3c2)C[C@H]1CO. The van der Waals surface area contributed by atoms with E-state index in [1.165, 1.54) is 12.1 Å². The van der Waals surface area contributed by atoms with E-state index in [1.807, 2.05) is 43.4 Å². The van der Waals surface area contributed by atoms with Gasteiger partial charge in [0, 0.05) is 41.5 Å². The van der Waals surface area contributed by atoms with Crippen LogP contribution >= 0.6 is 0 Å². The summed E-state index contributed by atoms with van der Waals surface area (Å²) in [6.07, 6.45) is 0.842. The largest absolute Gasteiger partial charge is 0.423 e. The van der Waals surface area contributed by atoms with Crippen molar-refractivity contribution in [2.24, 2.45) is 0 Å². The summed E-state index contributed by atoms with van der Waals surface area (Å²) in [5.74, 6) is 0. The Labute approximate surface area is 183 Å². The molecule has 2 aromatic carbocycles. The Bertz CT molecular complexity index is 1300. The molecule has 2 N–H and O–H groups in total. The smallest absolute Gasteiger partial charge is 0.336 e. The van der Waals surface area contributed by atoms with Gasteiger partial charge in [0.15, 0.2) is 0 Å². The summed E-state index contributed by atoms with van der Waals surface area (Å²) < 4.78 is 10.6. The van der Waals surface area contributed by atoms with Gasteiger partial charge in [-0.3, -0.25) is 4.90 Å². The van der Waals surface area contributed by atoms with E-state index in [0.717, 1.165) is 34.9 Å². The van der Waals surface area contributed by atoms with Crippen LogP contribution in [0.1, 0.15) is 23.6 Å². The highest BCUT2D eigenvalue weighted by Crippen LogP contribution is 2.29. The highest BCUT2D eigenvalue weighted by atomic mass is 16.4. The van der Waals surface area contributed by atoms with Gasteiger partial charge in [-0.05, 0) is 61.0 Å². The lowest BCUT2D eigenvalue weighted by molar-refractivity contribution is 0.182. The van der Waals surface area contributed by atoms with Crippen LogP contribution in [0.15, 0.2) is 79.1 Å². The van der Waals surface area contributed by atoms with Crippen LogP contribution in [-0.2, 0) is 0 Å². The minimum Gasteiger partial charge on any atom is -0.423 e. The minimum absolute atomic E-state index is 0.128. The topological polar surface area (TPSA) is 95.9 Å². The summed E-state index contributed by atoms with van der Waals surface area (Å²) in [5.41, 5.74) is 2.39. The Hall–Kier alpha value is -3.26. The second kappa shape index (κ2) is 8.35. The van der Waals surface area contributed by atoms with Gasteiger partial charge in [0.25, 0.3) is 0 Å². The first-order valence-electron chi connectivity index (χ1n) is 10.6. The molecule has 7 heteroatoms. The van der Waals surface area contributed by atoms with Crippen molar-refractivity contribution in [2.75, 3.05) is 20.2 Å². The van der Waals surface area contributed by atoms with E-state index in [1.54, 1.807) is 12.1 Å². The maximum atomic E-state index is 11.6. The van der Waals surface area contributed by atoms with Crippen LogP contribution in [-0.4, -0.2) is 42.3 Å². The van der Waals surface area contributed by atoms with E-state index < -0.39 is 0 Å². The zero-order chi connectivity index (χ0) is 22.2. The van der Waals surface area contributed by atoms with Crippen LogP contribution in [0.25, 0.3) is 21.9 Å². The number of benzene rings is 2. The van der Waals surface area contributed by atoms with E-state index in [-0.39, 0.29) is 36.0 Å². The van der Waals surface area contributed by atoms with E-state index >= 15 is 0 Å². The Balaban J connectivity index is 1.57. The molecule has 0 unspecified atom stereocenters. The molecule has 1 aliphatic heterocycles. The fourth-order valence-corrected chi connectivity index (χ4v) is 4.57. The summed E-state index contributed by atoms with van der Waals surface area (Å²) in [4.78, 5) is 25.3. The molecule has 0 radical (unpaired) electrons. The number of nitrogens with zero attached hydrogens (tertiary/aromatic N) is 1. The van der Waals surface area contributed by atoms with Gasteiger partial charge in [0.2, 0.25) is 0 Å². The molecule has 5 rings (SSSR count). The third-order valence-corrected chi connectivity index (χ3v) is 6.25. The lowest BCUT2D eigenvalue weighted by atomic mass is 9.95. The number of likely N-dealkylation sites (tertiary alicyclic amines) is 1. The first kappa shape index (κ1) is 20.6. The summed E-state index contributed by atoms with van der Waals surface area (Å²) in [5, 5.41) is 15.1. The maximum Gasteiger partial charge on any atom is 0.336 e. The van der Waals surface area contributed by atoms with Crippen LogP contribution in [0.3, 0.4) is 0 Å². The third kappa shape index (κ3) is 3.98. The first-order chi connectivity index (χ1) is 15.5. The second-order valence-corrected chi connectivity index (χ2v) is 8.41. The standard InChI is InChI=1S/C25H24N2O5/c1-27-13-19(12-20(27)14-28)26-25(17-2-6-21-15(10-17)4-8-23(29)31-21)18-3-7-22-16(11-18)5-9-24(30)32-22/h2-11,19-20,25-26,28H,12-14H2,1H3/t19-,20-/m0/s1. The van der Waals surface area contributed by atoms with Crippen molar-refractivity contribution in [1.29, 1.82) is 0 Å². The quantitative estimate of drug-likeness (QED) is 0.468. The number of rotatable bonds is 5. The van der Waals surface area contributed by atoms with Crippen molar-refractivity contribution in [2.45, 2.75) is 24.5 Å². The lowest BCUT2D eigenvalue weighted by Crippen LogP contribution is -2.35. The van der Waals surface area contributed by atoms with Crippen LogP contribution in [0.4, 0.5) is 0 Å². The van der Waals surface area contributed by atoms with Crippen molar-refractivity contribution in [3.63, 3.8) is 0 Å². The fourth-order valence-electron chi connectivity index (χ4n) is 4.57. The van der Waals surface area contributed by atoms with Gasteiger partial charge in [0.1, 0.15) is 11.2 Å². The molecule has 1 fully saturated rings. The van der Waals surface area contributed by atoms with Crippen LogP contribution in [0, 0.1) is 0 Å². The molecule has 1 aliphatic rings. The van der Waals surface area contributed by atoms with Gasteiger partial charge in [-0.15, -0.1) is 0 Å². The zero-order valence-electron chi connectivity index (χ0n) is 17.7. The Kier molecular flexibility index (Phi) is 5.38. The summed E-state index contributed by atoms with van der Waals surface area (Å²) in [6, 6.07) is 18.1. The van der Waals surface area contributed by atoms with Gasteiger partial charge in [-0.25, -0.2) is 9.59 Å². The molecule has 32 heavy (non-hydrogen) atoms. The number of aliphatic hydroxyl groups excluding tert-OH is 1. The molecule has 3 heterocycles. The van der Waals surface area contributed by atoms with E-state index in [2.05, 4.69) is 10.2 Å². The molecule has 0 amide bonds. The van der Waals surface area contributed by atoms with Gasteiger partial charge < -0.3 is 19.3 Å². The van der Waals surface area contributed by atoms with Gasteiger partial charge in [0.05, 0.1) is 12.6 Å². The normalized spacial score (nSPS) is 19.3. The predicted octanol–water partition coefficient (Wildman–Crippen LogP) is 2.64. The molecule has 7 nitrogen and oxygen atoms in total. The molecular weight excluding hydrogens is 408 g/mol. The Morgan fingerprint density at radius 2 is 1.50 bits per heavy atom. The highest BCUT2D eigenvalue weighted by molar-refractivity contribution is 5.79. The highest BCUT2D eigenvalue weighted by Gasteiger charge is 2.31. The average Bonchev–Trinajstić information content (AvgIpc) is 3.16. The van der Waals surface area contributed by atoms with E-state index in [0.29, 0.717) is 11.2 Å². The van der Waals surface area contributed by atoms with Crippen molar-refractivity contribution in [1.82, 2.24) is 10.2 Å². The van der Waals surface area contributed by atoms with Crippen LogP contribution in [0.2, 0.25) is 0 Å². The molecule has 0 saturated carbocycles. The minimum atomic E-state index is -0.375. The molecule has 1 saturated heterocycles. The Morgan fingerprint density at radius 1 is 0.938 bits per heavy atom. The maximum absolute atomic E-state index is 11.6. The fraction of sp³-hybridized carbons (Fsp3) is 0.280. The monoisotopic (exact) mass is 432 g/mol. The molecule has 164 valence electrons. The second-order valence-electron chi connectivity index (χ2n) is 8.41. The van der Waals surface area contributed by atoms with Gasteiger partial charge in [-0.2, -0.15) is 0 Å². The number of nitrogens with one attached hydrogen (secondary N) is 1. The number of aliphatic hydroxyl groups is 1. The van der Waals surface area contributed by atoms with Crippen molar-refractivity contribution in [3.05, 3.63) is 92.6 Å². The van der Waals surface area contributed by atoms with E-state index in [4.69, 9.17) is 8.83 Å².